The van der Waals surface area contributed by atoms with E-state index in [1.54, 1.807) is 44.2 Å². The molecule has 0 heterocycles. The van der Waals surface area contributed by atoms with Gasteiger partial charge in [0, 0.05) is 18.8 Å². The van der Waals surface area contributed by atoms with Gasteiger partial charge in [0.25, 0.3) is 5.91 Å². The van der Waals surface area contributed by atoms with Gasteiger partial charge in [0.15, 0.2) is 6.61 Å². The molecule has 0 fully saturated rings. The quantitative estimate of drug-likeness (QED) is 0.678. The van der Waals surface area contributed by atoms with E-state index < -0.39 is 39.9 Å². The number of nitrogens with zero attached hydrogens (tertiary/aromatic N) is 1. The molecule has 0 unspecified atom stereocenters. The number of ether oxygens (including phenoxy) is 1. The van der Waals surface area contributed by atoms with Crippen LogP contribution < -0.4 is 5.32 Å². The third-order valence-corrected chi connectivity index (χ3v) is 5.94. The number of rotatable bonds is 8. The summed E-state index contributed by atoms with van der Waals surface area (Å²) >= 11 is 0. The number of para-hydroxylation sites is 1. The molecule has 28 heavy (non-hydrogen) atoms. The molecule has 1 N–H and O–H groups in total. The summed E-state index contributed by atoms with van der Waals surface area (Å²) in [7, 11) is -3.87. The van der Waals surface area contributed by atoms with Gasteiger partial charge in [-0.25, -0.2) is 17.6 Å². The number of sulfonamides is 1. The first kappa shape index (κ1) is 21.5. The zero-order valence-corrected chi connectivity index (χ0v) is 16.3. The molecule has 0 aliphatic carbocycles. The van der Waals surface area contributed by atoms with E-state index in [9.17, 15) is 22.4 Å². The van der Waals surface area contributed by atoms with Crippen LogP contribution in [0.25, 0.3) is 0 Å². The molecule has 2 rings (SSSR count). The number of amides is 1. The highest BCUT2D eigenvalue weighted by Gasteiger charge is 2.25. The lowest BCUT2D eigenvalue weighted by molar-refractivity contribution is -0.119. The van der Waals surface area contributed by atoms with E-state index in [-0.39, 0.29) is 18.0 Å². The fourth-order valence-corrected chi connectivity index (χ4v) is 3.95. The minimum Gasteiger partial charge on any atom is -0.452 e. The van der Waals surface area contributed by atoms with Gasteiger partial charge in [0.05, 0.1) is 10.5 Å². The van der Waals surface area contributed by atoms with E-state index in [1.807, 2.05) is 0 Å². The lowest BCUT2D eigenvalue weighted by Gasteiger charge is -2.18. The molecule has 0 aliphatic rings. The van der Waals surface area contributed by atoms with E-state index in [2.05, 4.69) is 5.32 Å². The van der Waals surface area contributed by atoms with Crippen LogP contribution in [-0.4, -0.2) is 44.3 Å². The molecule has 0 atom stereocenters. The predicted octanol–water partition coefficient (Wildman–Crippen LogP) is 2.65. The molecule has 0 bridgehead atoms. The van der Waals surface area contributed by atoms with Crippen molar-refractivity contribution >= 4 is 27.6 Å². The molecule has 2 aromatic rings. The summed E-state index contributed by atoms with van der Waals surface area (Å²) in [6.07, 6.45) is 0. The summed E-state index contributed by atoms with van der Waals surface area (Å²) < 4.78 is 45.1. The summed E-state index contributed by atoms with van der Waals surface area (Å²) in [5, 5.41) is 2.52. The number of benzene rings is 2. The fraction of sp³-hybridized carbons (Fsp3) is 0.263. The molecule has 0 saturated heterocycles. The molecule has 0 radical (unpaired) electrons. The Balaban J connectivity index is 2.12. The van der Waals surface area contributed by atoms with Gasteiger partial charge in [-0.3, -0.25) is 4.79 Å². The number of nitrogens with one attached hydrogen (secondary N) is 1. The van der Waals surface area contributed by atoms with Crippen molar-refractivity contribution in [3.8, 4) is 0 Å². The number of carbonyl (C=O) groups is 2. The molecule has 7 nitrogen and oxygen atoms in total. The average molecular weight is 408 g/mol. The lowest BCUT2D eigenvalue weighted by atomic mass is 10.2. The minimum atomic E-state index is -3.87. The SMILES string of the molecule is CCN(CC)S(=O)(=O)c1ccc(F)c(C(=O)OCC(=O)Nc2ccccc2)c1. The zero-order chi connectivity index (χ0) is 20.7. The van der Waals surface area contributed by atoms with Gasteiger partial charge < -0.3 is 10.1 Å². The highest BCUT2D eigenvalue weighted by molar-refractivity contribution is 7.89. The summed E-state index contributed by atoms with van der Waals surface area (Å²) in [5.41, 5.74) is -0.0391. The molecular formula is C19H21FN2O5S. The largest absolute Gasteiger partial charge is 0.452 e. The van der Waals surface area contributed by atoms with Crippen molar-refractivity contribution in [2.45, 2.75) is 18.7 Å². The van der Waals surface area contributed by atoms with Crippen molar-refractivity contribution in [2.24, 2.45) is 0 Å². The molecule has 0 saturated carbocycles. The van der Waals surface area contributed by atoms with Crippen molar-refractivity contribution < 1.29 is 27.1 Å². The van der Waals surface area contributed by atoms with Crippen molar-refractivity contribution in [3.63, 3.8) is 0 Å². The Morgan fingerprint density at radius 2 is 1.71 bits per heavy atom. The van der Waals surface area contributed by atoms with Crippen LogP contribution in [-0.2, 0) is 19.6 Å². The maximum atomic E-state index is 14.0. The van der Waals surface area contributed by atoms with E-state index in [1.165, 1.54) is 4.31 Å². The third kappa shape index (κ3) is 5.14. The molecule has 0 spiro atoms. The van der Waals surface area contributed by atoms with E-state index >= 15 is 0 Å². The van der Waals surface area contributed by atoms with Gasteiger partial charge in [0.1, 0.15) is 5.82 Å². The molecule has 0 aliphatic heterocycles. The first-order chi connectivity index (χ1) is 13.3. The normalized spacial score (nSPS) is 11.3. The van der Waals surface area contributed by atoms with Gasteiger partial charge in [-0.2, -0.15) is 4.31 Å². The fourth-order valence-electron chi connectivity index (χ4n) is 2.46. The number of halogens is 1. The minimum absolute atomic E-state index is 0.224. The summed E-state index contributed by atoms with van der Waals surface area (Å²) in [5.74, 6) is -2.67. The molecule has 9 heteroatoms. The second-order valence-electron chi connectivity index (χ2n) is 5.72. The Kier molecular flexibility index (Phi) is 7.24. The van der Waals surface area contributed by atoms with Gasteiger partial charge >= 0.3 is 5.97 Å². The molecule has 1 amide bonds. The molecule has 2 aromatic carbocycles. The number of carbonyl (C=O) groups excluding carboxylic acids is 2. The molecule has 0 aromatic heterocycles. The number of hydrogen-bond donors (Lipinski definition) is 1. The molecular weight excluding hydrogens is 387 g/mol. The molecule has 150 valence electrons. The van der Waals surface area contributed by atoms with Crippen LogP contribution in [0.2, 0.25) is 0 Å². The van der Waals surface area contributed by atoms with Crippen LogP contribution in [0.5, 0.6) is 0 Å². The Morgan fingerprint density at radius 1 is 1.07 bits per heavy atom. The van der Waals surface area contributed by atoms with Gasteiger partial charge in [-0.05, 0) is 30.3 Å². The Morgan fingerprint density at radius 3 is 2.32 bits per heavy atom. The number of hydrogen-bond acceptors (Lipinski definition) is 5. The van der Waals surface area contributed by atoms with Crippen LogP contribution in [0.1, 0.15) is 24.2 Å². The Hall–Kier alpha value is -2.78. The highest BCUT2D eigenvalue weighted by Crippen LogP contribution is 2.20. The van der Waals surface area contributed by atoms with Crippen molar-refractivity contribution in [3.05, 3.63) is 59.9 Å². The summed E-state index contributed by atoms with van der Waals surface area (Å²) in [6, 6.07) is 11.4. The zero-order valence-electron chi connectivity index (χ0n) is 15.5. The second-order valence-corrected chi connectivity index (χ2v) is 7.66. The average Bonchev–Trinajstić information content (AvgIpc) is 2.68. The third-order valence-electron chi connectivity index (χ3n) is 3.89. The highest BCUT2D eigenvalue weighted by atomic mass is 32.2. The van der Waals surface area contributed by atoms with E-state index in [0.29, 0.717) is 5.69 Å². The van der Waals surface area contributed by atoms with Crippen LogP contribution in [0, 0.1) is 5.82 Å². The summed E-state index contributed by atoms with van der Waals surface area (Å²) in [6.45, 7) is 3.17. The van der Waals surface area contributed by atoms with Crippen LogP contribution in [0.15, 0.2) is 53.4 Å². The summed E-state index contributed by atoms with van der Waals surface area (Å²) in [4.78, 5) is 23.8. The first-order valence-electron chi connectivity index (χ1n) is 8.61. The smallest absolute Gasteiger partial charge is 0.341 e. The van der Waals surface area contributed by atoms with Crippen molar-refractivity contribution in [1.82, 2.24) is 4.31 Å². The first-order valence-corrected chi connectivity index (χ1v) is 10.0. The lowest BCUT2D eigenvalue weighted by Crippen LogP contribution is -2.30. The van der Waals surface area contributed by atoms with Gasteiger partial charge in [-0.15, -0.1) is 0 Å². The predicted molar refractivity (Wildman–Crippen MR) is 102 cm³/mol. The maximum absolute atomic E-state index is 14.0. The Bertz CT molecular complexity index is 944. The topological polar surface area (TPSA) is 92.8 Å². The van der Waals surface area contributed by atoms with Crippen molar-refractivity contribution in [2.75, 3.05) is 25.0 Å². The standard InChI is InChI=1S/C19H21FN2O5S/c1-3-22(4-2)28(25,26)15-10-11-17(20)16(12-15)19(24)27-13-18(23)21-14-8-6-5-7-9-14/h5-12H,3-4,13H2,1-2H3,(H,21,23). The van der Waals surface area contributed by atoms with E-state index in [4.69, 9.17) is 4.74 Å². The van der Waals surface area contributed by atoms with Crippen LogP contribution in [0.4, 0.5) is 10.1 Å². The van der Waals surface area contributed by atoms with Crippen LogP contribution in [0.3, 0.4) is 0 Å². The monoisotopic (exact) mass is 408 g/mol. The van der Waals surface area contributed by atoms with Gasteiger partial charge in [-0.1, -0.05) is 32.0 Å². The maximum Gasteiger partial charge on any atom is 0.341 e. The Labute approximate surface area is 163 Å². The number of esters is 1. The van der Waals surface area contributed by atoms with Crippen molar-refractivity contribution in [1.29, 1.82) is 0 Å². The second kappa shape index (κ2) is 9.43. The number of anilines is 1. The van der Waals surface area contributed by atoms with Crippen LogP contribution >= 0.6 is 0 Å². The van der Waals surface area contributed by atoms with Gasteiger partial charge in [0.2, 0.25) is 10.0 Å². The van der Waals surface area contributed by atoms with E-state index in [0.717, 1.165) is 18.2 Å².